The molecule has 0 fully saturated rings. The van der Waals surface area contributed by atoms with Crippen LogP contribution in [0.2, 0.25) is 0 Å². The van der Waals surface area contributed by atoms with Crippen LogP contribution in [0, 0.1) is 0 Å². The Morgan fingerprint density at radius 3 is 2.58 bits per heavy atom. The van der Waals surface area contributed by atoms with Gasteiger partial charge < -0.3 is 4.74 Å². The first-order valence-electron chi connectivity index (χ1n) is 3.60. The van der Waals surface area contributed by atoms with Gasteiger partial charge in [-0.15, -0.1) is 0 Å². The summed E-state index contributed by atoms with van der Waals surface area (Å²) < 4.78 is 4.59. The third-order valence-corrected chi connectivity index (χ3v) is 1.46. The van der Waals surface area contributed by atoms with Gasteiger partial charge >= 0.3 is 5.97 Å². The molecule has 1 aromatic rings. The summed E-state index contributed by atoms with van der Waals surface area (Å²) in [4.78, 5) is 31.8. The Hall–Kier alpha value is -1.45. The number of hydrogen-bond donors (Lipinski definition) is 0. The average molecular weight is 168 g/mol. The second-order valence-electron chi connectivity index (χ2n) is 2.34. The lowest BCUT2D eigenvalue weighted by Crippen LogP contribution is -2.35. The van der Waals surface area contributed by atoms with Gasteiger partial charge in [-0.3, -0.25) is 14.4 Å². The molecule has 0 amide bonds. The molecule has 0 aromatic heterocycles. The highest BCUT2D eigenvalue weighted by molar-refractivity contribution is 5.72. The van der Waals surface area contributed by atoms with Crippen molar-refractivity contribution in [3.05, 3.63) is 32.1 Å². The van der Waals surface area contributed by atoms with Crippen LogP contribution < -0.4 is 10.9 Å². The molecule has 12 heavy (non-hydrogen) atoms. The minimum absolute atomic E-state index is 0.0849. The molecule has 0 aliphatic heterocycles. The van der Waals surface area contributed by atoms with E-state index in [4.69, 9.17) is 0 Å². The fraction of sp³-hybridized carbons (Fsp3) is 0.375. The van der Waals surface area contributed by atoms with Crippen molar-refractivity contribution in [2.45, 2.75) is 13.3 Å². The summed E-state index contributed by atoms with van der Waals surface area (Å²) in [5.74, 6) is -0.468. The summed E-state index contributed by atoms with van der Waals surface area (Å²) in [6, 6.07) is 1.17. The average Bonchev–Trinajstić information content (AvgIpc) is 2.04. The Bertz CT molecular complexity index is 357. The van der Waals surface area contributed by atoms with Crippen molar-refractivity contribution in [1.82, 2.24) is 0 Å². The summed E-state index contributed by atoms with van der Waals surface area (Å²) in [7, 11) is 0. The minimum Gasteiger partial charge on any atom is -0.466 e. The molecule has 0 aliphatic carbocycles. The predicted molar refractivity (Wildman–Crippen MR) is 41.7 cm³/mol. The largest absolute Gasteiger partial charge is 0.466 e. The first-order chi connectivity index (χ1) is 5.65. The van der Waals surface area contributed by atoms with E-state index in [1.165, 1.54) is 6.07 Å². The molecule has 0 aliphatic rings. The zero-order valence-corrected chi connectivity index (χ0v) is 6.62. The predicted octanol–water partition coefficient (Wildman–Crippen LogP) is -0.612. The molecule has 4 heteroatoms. The number of rotatable bonds is 3. The van der Waals surface area contributed by atoms with Crippen LogP contribution in [0.15, 0.2) is 15.7 Å². The van der Waals surface area contributed by atoms with E-state index in [2.05, 4.69) is 4.74 Å². The van der Waals surface area contributed by atoms with Crippen molar-refractivity contribution in [1.29, 1.82) is 0 Å². The van der Waals surface area contributed by atoms with Crippen LogP contribution in [0.5, 0.6) is 0 Å². The molecule has 0 spiro atoms. The molecule has 64 valence electrons. The number of hydrogen-bond acceptors (Lipinski definition) is 4. The van der Waals surface area contributed by atoms with E-state index in [1.807, 2.05) is 0 Å². The van der Waals surface area contributed by atoms with Gasteiger partial charge in [0.15, 0.2) is 0 Å². The van der Waals surface area contributed by atoms with Crippen molar-refractivity contribution in [2.24, 2.45) is 0 Å². The number of esters is 1. The SMILES string of the molecule is CCOC(=O)Cc1cc(=O)c1=O. The standard InChI is InChI=1S/C8H8O4/c1-2-12-7(10)4-5-3-6(9)8(5)11/h3H,2,4H2,1H3. The summed E-state index contributed by atoms with van der Waals surface area (Å²) in [6.45, 7) is 1.97. The van der Waals surface area contributed by atoms with Gasteiger partial charge in [0.05, 0.1) is 13.0 Å². The lowest BCUT2D eigenvalue weighted by Gasteiger charge is -2.01. The van der Waals surface area contributed by atoms with Crippen LogP contribution in [-0.2, 0) is 16.0 Å². The van der Waals surface area contributed by atoms with Gasteiger partial charge in [0, 0.05) is 5.56 Å². The van der Waals surface area contributed by atoms with Crippen molar-refractivity contribution in [3.63, 3.8) is 0 Å². The fourth-order valence-corrected chi connectivity index (χ4v) is 0.869. The maximum atomic E-state index is 10.8. The Kier molecular flexibility index (Phi) is 2.38. The Labute approximate surface area is 68.5 Å². The van der Waals surface area contributed by atoms with Gasteiger partial charge in [0.25, 0.3) is 0 Å². The molecule has 0 heterocycles. The molecule has 1 rings (SSSR count). The van der Waals surface area contributed by atoms with E-state index < -0.39 is 16.8 Å². The summed E-state index contributed by atoms with van der Waals surface area (Å²) >= 11 is 0. The number of carbonyl (C=O) groups is 1. The number of ether oxygens (including phenoxy) is 1. The first-order valence-corrected chi connectivity index (χ1v) is 3.60. The maximum absolute atomic E-state index is 10.8. The fourth-order valence-electron chi connectivity index (χ4n) is 0.869. The van der Waals surface area contributed by atoms with E-state index in [0.29, 0.717) is 0 Å². The summed E-state index contributed by atoms with van der Waals surface area (Å²) in [5.41, 5.74) is -0.851. The van der Waals surface area contributed by atoms with Crippen LogP contribution in [0.25, 0.3) is 0 Å². The van der Waals surface area contributed by atoms with Crippen LogP contribution in [0.1, 0.15) is 12.5 Å². The van der Waals surface area contributed by atoms with Crippen molar-refractivity contribution >= 4 is 5.97 Å². The van der Waals surface area contributed by atoms with Crippen LogP contribution >= 0.6 is 0 Å². The third-order valence-electron chi connectivity index (χ3n) is 1.46. The van der Waals surface area contributed by atoms with Crippen LogP contribution in [-0.4, -0.2) is 12.6 Å². The Morgan fingerprint density at radius 2 is 2.17 bits per heavy atom. The molecule has 0 bridgehead atoms. The lowest BCUT2D eigenvalue weighted by molar-refractivity contribution is -0.142. The third kappa shape index (κ3) is 1.58. The number of carbonyl (C=O) groups excluding carboxylic acids is 1. The highest BCUT2D eigenvalue weighted by Crippen LogP contribution is 1.92. The van der Waals surface area contributed by atoms with Crippen molar-refractivity contribution < 1.29 is 9.53 Å². The van der Waals surface area contributed by atoms with E-state index in [0.717, 1.165) is 0 Å². The van der Waals surface area contributed by atoms with Gasteiger partial charge in [-0.1, -0.05) is 0 Å². The normalized spacial score (nSPS) is 10.1. The quantitative estimate of drug-likeness (QED) is 0.446. The smallest absolute Gasteiger partial charge is 0.310 e. The van der Waals surface area contributed by atoms with E-state index in [9.17, 15) is 14.4 Å². The molecule has 0 unspecified atom stereocenters. The van der Waals surface area contributed by atoms with E-state index >= 15 is 0 Å². The summed E-state index contributed by atoms with van der Waals surface area (Å²) in [6.07, 6.45) is -0.0849. The topological polar surface area (TPSA) is 60.4 Å². The second kappa shape index (κ2) is 3.30. The molecule has 0 radical (unpaired) electrons. The van der Waals surface area contributed by atoms with Gasteiger partial charge in [0.2, 0.25) is 10.9 Å². The zero-order chi connectivity index (χ0) is 9.14. The Balaban J connectivity index is 2.56. The van der Waals surface area contributed by atoms with E-state index in [1.54, 1.807) is 6.92 Å². The molecule has 0 N–H and O–H groups in total. The molecule has 0 saturated carbocycles. The first kappa shape index (κ1) is 8.64. The highest BCUT2D eigenvalue weighted by Gasteiger charge is 2.13. The molecule has 4 nitrogen and oxygen atoms in total. The van der Waals surface area contributed by atoms with Gasteiger partial charge in [-0.05, 0) is 13.0 Å². The van der Waals surface area contributed by atoms with E-state index in [-0.39, 0.29) is 18.6 Å². The van der Waals surface area contributed by atoms with Gasteiger partial charge in [-0.25, -0.2) is 0 Å². The maximum Gasteiger partial charge on any atom is 0.310 e. The molecule has 0 saturated heterocycles. The zero-order valence-electron chi connectivity index (χ0n) is 6.62. The summed E-state index contributed by atoms with van der Waals surface area (Å²) in [5, 5.41) is 0. The Morgan fingerprint density at radius 1 is 1.50 bits per heavy atom. The van der Waals surface area contributed by atoms with Crippen LogP contribution in [0.3, 0.4) is 0 Å². The molecular weight excluding hydrogens is 160 g/mol. The van der Waals surface area contributed by atoms with Crippen LogP contribution in [0.4, 0.5) is 0 Å². The van der Waals surface area contributed by atoms with Crippen molar-refractivity contribution in [3.8, 4) is 0 Å². The molecule has 1 aromatic carbocycles. The second-order valence-corrected chi connectivity index (χ2v) is 2.34. The highest BCUT2D eigenvalue weighted by atomic mass is 16.5. The van der Waals surface area contributed by atoms with Gasteiger partial charge in [0.1, 0.15) is 0 Å². The minimum atomic E-state index is -0.567. The lowest BCUT2D eigenvalue weighted by atomic mass is 10.1. The molecule has 0 atom stereocenters. The van der Waals surface area contributed by atoms with Gasteiger partial charge in [-0.2, -0.15) is 0 Å². The monoisotopic (exact) mass is 168 g/mol. The molecular formula is C8H8O4. The van der Waals surface area contributed by atoms with Crippen molar-refractivity contribution in [2.75, 3.05) is 6.61 Å².